The second-order valence-corrected chi connectivity index (χ2v) is 6.51. The highest BCUT2D eigenvalue weighted by atomic mass is 32.2. The molecule has 1 amide bonds. The van der Waals surface area contributed by atoms with E-state index in [9.17, 15) is 13.2 Å². The molecule has 0 saturated carbocycles. The van der Waals surface area contributed by atoms with E-state index in [0.717, 1.165) is 6.42 Å². The fourth-order valence-electron chi connectivity index (χ4n) is 1.87. The Hall–Kier alpha value is -1.80. The minimum atomic E-state index is -3.84. The smallest absolute Gasteiger partial charge is 0.241 e. The summed E-state index contributed by atoms with van der Waals surface area (Å²) < 4.78 is 22.7. The van der Waals surface area contributed by atoms with Gasteiger partial charge >= 0.3 is 0 Å². The van der Waals surface area contributed by atoms with Crippen LogP contribution in [0.3, 0.4) is 0 Å². The predicted octanol–water partition coefficient (Wildman–Crippen LogP) is 0.221. The van der Waals surface area contributed by atoms with Gasteiger partial charge in [0.2, 0.25) is 15.9 Å². The van der Waals surface area contributed by atoms with E-state index in [2.05, 4.69) is 0 Å². The van der Waals surface area contributed by atoms with Crippen LogP contribution in [0.5, 0.6) is 0 Å². The maximum atomic E-state index is 11.8. The van der Waals surface area contributed by atoms with Crippen molar-refractivity contribution in [2.75, 3.05) is 37.8 Å². The van der Waals surface area contributed by atoms with Crippen molar-refractivity contribution in [3.63, 3.8) is 0 Å². The zero-order chi connectivity index (χ0) is 16.2. The van der Waals surface area contributed by atoms with Crippen molar-refractivity contribution in [3.05, 3.63) is 18.2 Å². The van der Waals surface area contributed by atoms with E-state index < -0.39 is 10.0 Å². The van der Waals surface area contributed by atoms with Crippen LogP contribution in [0.4, 0.5) is 11.4 Å². The van der Waals surface area contributed by atoms with Crippen molar-refractivity contribution in [1.29, 1.82) is 0 Å². The standard InChI is InChI=1S/C13H22N4O3S/c1-4-7-17(9-13(18)16(2)3)10-5-6-12(11(14)8-10)21(15,19)20/h5-6,8H,4,7,9,14H2,1-3H3,(H2,15,19,20). The highest BCUT2D eigenvalue weighted by molar-refractivity contribution is 7.89. The number of primary sulfonamides is 1. The van der Waals surface area contributed by atoms with Crippen LogP contribution in [0, 0.1) is 0 Å². The number of hydrogen-bond acceptors (Lipinski definition) is 5. The summed E-state index contributed by atoms with van der Waals surface area (Å²) in [5, 5.41) is 5.08. The van der Waals surface area contributed by atoms with E-state index in [1.54, 1.807) is 20.2 Å². The van der Waals surface area contributed by atoms with E-state index in [0.29, 0.717) is 12.2 Å². The Bertz CT molecular complexity index is 614. The number of hydrogen-bond donors (Lipinski definition) is 2. The number of rotatable bonds is 6. The van der Waals surface area contributed by atoms with Crippen LogP contribution in [0.25, 0.3) is 0 Å². The first-order valence-corrected chi connectivity index (χ1v) is 8.09. The molecule has 0 bridgehead atoms. The van der Waals surface area contributed by atoms with Gasteiger partial charge in [0.05, 0.1) is 12.2 Å². The molecule has 118 valence electrons. The molecule has 0 aliphatic rings. The van der Waals surface area contributed by atoms with Gasteiger partial charge in [0.15, 0.2) is 0 Å². The molecule has 21 heavy (non-hydrogen) atoms. The van der Waals surface area contributed by atoms with E-state index >= 15 is 0 Å². The first-order valence-electron chi connectivity index (χ1n) is 6.54. The lowest BCUT2D eigenvalue weighted by molar-refractivity contribution is -0.127. The number of nitrogen functional groups attached to an aromatic ring is 1. The fourth-order valence-corrected chi connectivity index (χ4v) is 2.51. The van der Waals surface area contributed by atoms with Gasteiger partial charge in [-0.05, 0) is 24.6 Å². The number of sulfonamides is 1. The van der Waals surface area contributed by atoms with Crippen LogP contribution in [0.1, 0.15) is 13.3 Å². The number of anilines is 2. The van der Waals surface area contributed by atoms with Gasteiger partial charge in [0, 0.05) is 26.3 Å². The summed E-state index contributed by atoms with van der Waals surface area (Å²) in [5.41, 5.74) is 6.52. The van der Waals surface area contributed by atoms with Crippen LogP contribution in [0.15, 0.2) is 23.1 Å². The topological polar surface area (TPSA) is 110 Å². The number of amides is 1. The number of carbonyl (C=O) groups excluding carboxylic acids is 1. The second kappa shape index (κ2) is 6.77. The minimum Gasteiger partial charge on any atom is -0.398 e. The summed E-state index contributed by atoms with van der Waals surface area (Å²) in [7, 11) is -0.473. The summed E-state index contributed by atoms with van der Waals surface area (Å²) in [4.78, 5) is 15.1. The zero-order valence-electron chi connectivity index (χ0n) is 12.5. The van der Waals surface area contributed by atoms with Crippen molar-refractivity contribution in [2.24, 2.45) is 5.14 Å². The third kappa shape index (κ3) is 4.61. The monoisotopic (exact) mass is 314 g/mol. The zero-order valence-corrected chi connectivity index (χ0v) is 13.4. The highest BCUT2D eigenvalue weighted by Gasteiger charge is 2.16. The number of nitrogens with zero attached hydrogens (tertiary/aromatic N) is 2. The van der Waals surface area contributed by atoms with Gasteiger partial charge in [-0.15, -0.1) is 0 Å². The predicted molar refractivity (Wildman–Crippen MR) is 83.4 cm³/mol. The molecule has 0 aromatic heterocycles. The number of benzene rings is 1. The molecule has 8 heteroatoms. The van der Waals surface area contributed by atoms with Gasteiger partial charge in [0.1, 0.15) is 4.90 Å². The van der Waals surface area contributed by atoms with Gasteiger partial charge in [-0.1, -0.05) is 6.92 Å². The molecule has 0 aliphatic carbocycles. The van der Waals surface area contributed by atoms with E-state index in [-0.39, 0.29) is 23.0 Å². The maximum absolute atomic E-state index is 11.8. The first kappa shape index (κ1) is 17.3. The molecule has 0 radical (unpaired) electrons. The SMILES string of the molecule is CCCN(CC(=O)N(C)C)c1ccc(S(N)(=O)=O)c(N)c1. The molecule has 0 aliphatic heterocycles. The highest BCUT2D eigenvalue weighted by Crippen LogP contribution is 2.24. The molecule has 0 saturated heterocycles. The molecular formula is C13H22N4O3S. The van der Waals surface area contributed by atoms with Crippen LogP contribution < -0.4 is 15.8 Å². The largest absolute Gasteiger partial charge is 0.398 e. The summed E-state index contributed by atoms with van der Waals surface area (Å²) in [6.45, 7) is 2.86. The van der Waals surface area contributed by atoms with E-state index in [4.69, 9.17) is 10.9 Å². The average molecular weight is 314 g/mol. The average Bonchev–Trinajstić information content (AvgIpc) is 2.36. The Morgan fingerprint density at radius 3 is 2.33 bits per heavy atom. The third-order valence-corrected chi connectivity index (χ3v) is 3.97. The Kier molecular flexibility index (Phi) is 5.56. The van der Waals surface area contributed by atoms with Gasteiger partial charge in [-0.3, -0.25) is 4.79 Å². The third-order valence-electron chi connectivity index (χ3n) is 2.98. The van der Waals surface area contributed by atoms with Crippen molar-refractivity contribution in [2.45, 2.75) is 18.2 Å². The molecule has 0 fully saturated rings. The summed E-state index contributed by atoms with van der Waals surface area (Å²) in [5.74, 6) is -0.0439. The Morgan fingerprint density at radius 2 is 1.90 bits per heavy atom. The van der Waals surface area contributed by atoms with Crippen LogP contribution in [-0.2, 0) is 14.8 Å². The van der Waals surface area contributed by atoms with Crippen LogP contribution in [-0.4, -0.2) is 46.4 Å². The van der Waals surface area contributed by atoms with Crippen molar-refractivity contribution < 1.29 is 13.2 Å². The van der Waals surface area contributed by atoms with Crippen molar-refractivity contribution in [1.82, 2.24) is 4.90 Å². The van der Waals surface area contributed by atoms with E-state index in [1.165, 1.54) is 17.0 Å². The summed E-state index contributed by atoms with van der Waals surface area (Å²) in [6, 6.07) is 4.50. The summed E-state index contributed by atoms with van der Waals surface area (Å²) >= 11 is 0. The fraction of sp³-hybridized carbons (Fsp3) is 0.462. The van der Waals surface area contributed by atoms with Crippen molar-refractivity contribution in [3.8, 4) is 0 Å². The van der Waals surface area contributed by atoms with Crippen LogP contribution >= 0.6 is 0 Å². The molecule has 1 aromatic carbocycles. The molecule has 1 aromatic rings. The lowest BCUT2D eigenvalue weighted by Crippen LogP contribution is -2.37. The quantitative estimate of drug-likeness (QED) is 0.730. The number of nitrogens with two attached hydrogens (primary N) is 2. The second-order valence-electron chi connectivity index (χ2n) is 4.98. The van der Waals surface area contributed by atoms with Gasteiger partial charge in [-0.2, -0.15) is 0 Å². The Labute approximate surface area is 125 Å². The normalized spacial score (nSPS) is 11.2. The molecule has 4 N–H and O–H groups in total. The molecule has 0 unspecified atom stereocenters. The number of likely N-dealkylation sites (N-methyl/N-ethyl adjacent to an activating group) is 1. The Balaban J connectivity index is 3.10. The van der Waals surface area contributed by atoms with Crippen LogP contribution in [0.2, 0.25) is 0 Å². The van der Waals surface area contributed by atoms with Gasteiger partial charge < -0.3 is 15.5 Å². The molecule has 1 rings (SSSR count). The maximum Gasteiger partial charge on any atom is 0.241 e. The first-order chi connectivity index (χ1) is 9.66. The lowest BCUT2D eigenvalue weighted by Gasteiger charge is -2.25. The minimum absolute atomic E-state index is 0.0439. The molecule has 0 heterocycles. The van der Waals surface area contributed by atoms with Gasteiger partial charge in [-0.25, -0.2) is 13.6 Å². The van der Waals surface area contributed by atoms with E-state index in [1.807, 2.05) is 11.8 Å². The number of carbonyl (C=O) groups is 1. The molecule has 0 atom stereocenters. The summed E-state index contributed by atoms with van der Waals surface area (Å²) in [6.07, 6.45) is 0.845. The molecule has 0 spiro atoms. The lowest BCUT2D eigenvalue weighted by atomic mass is 10.2. The van der Waals surface area contributed by atoms with Gasteiger partial charge in [0.25, 0.3) is 0 Å². The Morgan fingerprint density at radius 1 is 1.29 bits per heavy atom. The van der Waals surface area contributed by atoms with Crippen molar-refractivity contribution >= 4 is 27.3 Å². The molecule has 7 nitrogen and oxygen atoms in total. The molecular weight excluding hydrogens is 292 g/mol.